The van der Waals surface area contributed by atoms with Crippen LogP contribution in [0.2, 0.25) is 0 Å². The van der Waals surface area contributed by atoms with E-state index in [1.165, 1.54) is 11.1 Å². The molecule has 1 saturated heterocycles. The zero-order chi connectivity index (χ0) is 21.8. The Morgan fingerprint density at radius 2 is 1.87 bits per heavy atom. The Morgan fingerprint density at radius 1 is 1.10 bits per heavy atom. The number of carbonyl (C=O) groups is 1. The highest BCUT2D eigenvalue weighted by Gasteiger charge is 2.19. The van der Waals surface area contributed by atoms with Crippen molar-refractivity contribution in [3.63, 3.8) is 0 Å². The summed E-state index contributed by atoms with van der Waals surface area (Å²) in [7, 11) is 0. The van der Waals surface area contributed by atoms with Gasteiger partial charge in [-0.15, -0.1) is 0 Å². The number of nitrogens with zero attached hydrogens (tertiary/aromatic N) is 3. The maximum absolute atomic E-state index is 11.1. The van der Waals surface area contributed by atoms with Crippen LogP contribution in [0.1, 0.15) is 11.3 Å². The van der Waals surface area contributed by atoms with Gasteiger partial charge in [0.05, 0.1) is 9.99 Å². The first-order valence-corrected chi connectivity index (χ1v) is 11.3. The SMILES string of the molecule is Cc1ccc2c(N3CCN(CCc4cccc(Br)c4OCC(N)=O)CC3)cccc2n1. The lowest BCUT2D eigenvalue weighted by molar-refractivity contribution is -0.119. The zero-order valence-electron chi connectivity index (χ0n) is 17.7. The topological polar surface area (TPSA) is 71.7 Å². The molecular weight excluding hydrogens is 456 g/mol. The van der Waals surface area contributed by atoms with Crippen molar-refractivity contribution in [1.82, 2.24) is 9.88 Å². The van der Waals surface area contributed by atoms with Gasteiger partial charge in [0.2, 0.25) is 0 Å². The molecule has 31 heavy (non-hydrogen) atoms. The summed E-state index contributed by atoms with van der Waals surface area (Å²) in [4.78, 5) is 20.7. The number of halogens is 1. The quantitative estimate of drug-likeness (QED) is 0.557. The Hall–Kier alpha value is -2.64. The normalized spacial score (nSPS) is 14.7. The molecule has 1 aliphatic rings. The van der Waals surface area contributed by atoms with Gasteiger partial charge in [-0.1, -0.05) is 18.2 Å². The molecule has 3 aromatic rings. The molecule has 4 rings (SSSR count). The van der Waals surface area contributed by atoms with Crippen LogP contribution in [0.3, 0.4) is 0 Å². The second kappa shape index (κ2) is 9.66. The van der Waals surface area contributed by atoms with Crippen molar-refractivity contribution in [3.8, 4) is 5.75 Å². The number of aryl methyl sites for hydroxylation is 1. The van der Waals surface area contributed by atoms with E-state index in [-0.39, 0.29) is 6.61 Å². The molecule has 162 valence electrons. The number of anilines is 1. The molecule has 1 aromatic heterocycles. The van der Waals surface area contributed by atoms with E-state index < -0.39 is 5.91 Å². The van der Waals surface area contributed by atoms with E-state index in [0.29, 0.717) is 5.75 Å². The van der Waals surface area contributed by atoms with Crippen LogP contribution in [0.4, 0.5) is 5.69 Å². The van der Waals surface area contributed by atoms with Crippen molar-refractivity contribution >= 4 is 38.4 Å². The van der Waals surface area contributed by atoms with Crippen molar-refractivity contribution in [2.45, 2.75) is 13.3 Å². The summed E-state index contributed by atoms with van der Waals surface area (Å²) in [6.45, 7) is 6.82. The van der Waals surface area contributed by atoms with Gasteiger partial charge in [0.1, 0.15) is 5.75 Å². The predicted molar refractivity (Wildman–Crippen MR) is 128 cm³/mol. The van der Waals surface area contributed by atoms with Crippen molar-refractivity contribution in [1.29, 1.82) is 0 Å². The van der Waals surface area contributed by atoms with Crippen LogP contribution < -0.4 is 15.4 Å². The third kappa shape index (κ3) is 5.17. The standard InChI is InChI=1S/C24H27BrN4O2/c1-17-8-9-19-21(27-17)6-3-7-22(19)29-14-12-28(13-15-29)11-10-18-4-2-5-20(25)24(18)31-16-23(26)30/h2-9H,10-16H2,1H3,(H2,26,30). The lowest BCUT2D eigenvalue weighted by Crippen LogP contribution is -2.47. The summed E-state index contributed by atoms with van der Waals surface area (Å²) in [5.74, 6) is 0.232. The van der Waals surface area contributed by atoms with Crippen molar-refractivity contribution in [2.75, 3.05) is 44.2 Å². The highest BCUT2D eigenvalue weighted by atomic mass is 79.9. The molecule has 7 heteroatoms. The molecular formula is C24H27BrN4O2. The molecule has 2 N–H and O–H groups in total. The number of benzene rings is 2. The van der Waals surface area contributed by atoms with Gasteiger partial charge in [0.15, 0.2) is 6.61 Å². The third-order valence-corrected chi connectivity index (χ3v) is 6.29. The summed E-state index contributed by atoms with van der Waals surface area (Å²) in [5.41, 5.74) is 9.67. The summed E-state index contributed by atoms with van der Waals surface area (Å²) in [6.07, 6.45) is 0.852. The van der Waals surface area contributed by atoms with Crippen LogP contribution in [-0.2, 0) is 11.2 Å². The molecule has 0 saturated carbocycles. The zero-order valence-corrected chi connectivity index (χ0v) is 19.3. The molecule has 0 unspecified atom stereocenters. The number of para-hydroxylation sites is 1. The summed E-state index contributed by atoms with van der Waals surface area (Å²) >= 11 is 3.52. The van der Waals surface area contributed by atoms with Crippen molar-refractivity contribution < 1.29 is 9.53 Å². The summed E-state index contributed by atoms with van der Waals surface area (Å²) in [6, 6.07) is 16.6. The molecule has 0 radical (unpaired) electrons. The number of carbonyl (C=O) groups excluding carboxylic acids is 1. The van der Waals surface area contributed by atoms with E-state index in [4.69, 9.17) is 10.5 Å². The molecule has 0 spiro atoms. The molecule has 6 nitrogen and oxygen atoms in total. The van der Waals surface area contributed by atoms with Crippen LogP contribution in [0.25, 0.3) is 10.9 Å². The fourth-order valence-corrected chi connectivity index (χ4v) is 4.58. The minimum absolute atomic E-state index is 0.117. The van der Waals surface area contributed by atoms with Crippen LogP contribution in [0, 0.1) is 6.92 Å². The van der Waals surface area contributed by atoms with Crippen LogP contribution in [0.15, 0.2) is 53.0 Å². The van der Waals surface area contributed by atoms with E-state index in [1.807, 2.05) is 25.1 Å². The van der Waals surface area contributed by atoms with Gasteiger partial charge in [-0.05, 0) is 65.2 Å². The van der Waals surface area contributed by atoms with Crippen molar-refractivity contribution in [3.05, 3.63) is 64.3 Å². The van der Waals surface area contributed by atoms with Gasteiger partial charge in [-0.3, -0.25) is 14.7 Å². The second-order valence-electron chi connectivity index (χ2n) is 7.86. The Kier molecular flexibility index (Phi) is 6.73. The molecule has 2 aromatic carbocycles. The lowest BCUT2D eigenvalue weighted by Gasteiger charge is -2.36. The Labute approximate surface area is 191 Å². The van der Waals surface area contributed by atoms with Gasteiger partial charge < -0.3 is 15.4 Å². The first-order chi connectivity index (χ1) is 15.0. The molecule has 0 atom stereocenters. The number of hydrogen-bond donors (Lipinski definition) is 1. The Morgan fingerprint density at radius 3 is 2.65 bits per heavy atom. The number of nitrogens with two attached hydrogens (primary N) is 1. The summed E-state index contributed by atoms with van der Waals surface area (Å²) in [5, 5.41) is 1.21. The highest BCUT2D eigenvalue weighted by molar-refractivity contribution is 9.10. The third-order valence-electron chi connectivity index (χ3n) is 5.67. The predicted octanol–water partition coefficient (Wildman–Crippen LogP) is 3.53. The average Bonchev–Trinajstić information content (AvgIpc) is 2.76. The van der Waals surface area contributed by atoms with Gasteiger partial charge >= 0.3 is 0 Å². The number of aromatic nitrogens is 1. The first-order valence-electron chi connectivity index (χ1n) is 10.5. The largest absolute Gasteiger partial charge is 0.482 e. The fourth-order valence-electron chi connectivity index (χ4n) is 4.06. The minimum atomic E-state index is -0.475. The number of fused-ring (bicyclic) bond motifs is 1. The molecule has 2 heterocycles. The second-order valence-corrected chi connectivity index (χ2v) is 8.71. The van der Waals surface area contributed by atoms with E-state index >= 15 is 0 Å². The van der Waals surface area contributed by atoms with Crippen LogP contribution in [0.5, 0.6) is 5.75 Å². The monoisotopic (exact) mass is 482 g/mol. The smallest absolute Gasteiger partial charge is 0.255 e. The number of primary amides is 1. The molecule has 1 fully saturated rings. The van der Waals surface area contributed by atoms with E-state index in [1.54, 1.807) is 0 Å². The number of piperazine rings is 1. The maximum Gasteiger partial charge on any atom is 0.255 e. The number of rotatable bonds is 7. The first kappa shape index (κ1) is 21.6. The average molecular weight is 483 g/mol. The maximum atomic E-state index is 11.1. The van der Waals surface area contributed by atoms with E-state index in [9.17, 15) is 4.79 Å². The highest BCUT2D eigenvalue weighted by Crippen LogP contribution is 2.30. The molecule has 0 aliphatic carbocycles. The van der Waals surface area contributed by atoms with E-state index in [0.717, 1.165) is 60.4 Å². The van der Waals surface area contributed by atoms with Crippen LogP contribution in [-0.4, -0.2) is 55.1 Å². The molecule has 0 bridgehead atoms. The Bertz CT molecular complexity index is 1080. The van der Waals surface area contributed by atoms with Crippen molar-refractivity contribution in [2.24, 2.45) is 5.73 Å². The van der Waals surface area contributed by atoms with Crippen LogP contribution >= 0.6 is 15.9 Å². The molecule has 1 aliphatic heterocycles. The minimum Gasteiger partial charge on any atom is -0.482 e. The van der Waals surface area contributed by atoms with Gasteiger partial charge in [-0.25, -0.2) is 0 Å². The number of amides is 1. The Balaban J connectivity index is 1.38. The molecule has 1 amide bonds. The number of pyridine rings is 1. The van der Waals surface area contributed by atoms with Gasteiger partial charge in [-0.2, -0.15) is 0 Å². The van der Waals surface area contributed by atoms with Gasteiger partial charge in [0.25, 0.3) is 5.91 Å². The number of hydrogen-bond acceptors (Lipinski definition) is 5. The fraction of sp³-hybridized carbons (Fsp3) is 0.333. The summed E-state index contributed by atoms with van der Waals surface area (Å²) < 4.78 is 6.48. The van der Waals surface area contributed by atoms with Gasteiger partial charge in [0, 0.05) is 49.5 Å². The lowest BCUT2D eigenvalue weighted by atomic mass is 10.1. The number of ether oxygens (including phenoxy) is 1. The van der Waals surface area contributed by atoms with E-state index in [2.05, 4.69) is 61.0 Å².